The summed E-state index contributed by atoms with van der Waals surface area (Å²) in [7, 11) is 0. The first-order valence-electron chi connectivity index (χ1n) is 15.5. The number of morpholine rings is 1. The number of hydrogen-bond acceptors (Lipinski definition) is 10. The van der Waals surface area contributed by atoms with E-state index in [1.807, 2.05) is 0 Å². The van der Waals surface area contributed by atoms with Crippen LogP contribution in [0.5, 0.6) is 0 Å². The highest BCUT2D eigenvalue weighted by molar-refractivity contribution is 6.13. The van der Waals surface area contributed by atoms with Crippen molar-refractivity contribution in [3.63, 3.8) is 0 Å². The van der Waals surface area contributed by atoms with Crippen LogP contribution in [-0.2, 0) is 26.3 Å². The molecule has 2 saturated carbocycles. The number of fused-ring (bicyclic) bond motifs is 2. The van der Waals surface area contributed by atoms with Crippen LogP contribution >= 0.6 is 0 Å². The summed E-state index contributed by atoms with van der Waals surface area (Å²) in [5, 5.41) is 11.8. The molecule has 1 amide bonds. The Bertz CT molecular complexity index is 1500. The van der Waals surface area contributed by atoms with Crippen LogP contribution < -0.4 is 15.1 Å². The third-order valence-electron chi connectivity index (χ3n) is 9.58. The van der Waals surface area contributed by atoms with Gasteiger partial charge in [-0.3, -0.25) is 15.1 Å². The van der Waals surface area contributed by atoms with E-state index in [-0.39, 0.29) is 55.7 Å². The predicted molar refractivity (Wildman–Crippen MR) is 154 cm³/mol. The van der Waals surface area contributed by atoms with Crippen molar-refractivity contribution in [2.75, 3.05) is 48.0 Å². The summed E-state index contributed by atoms with van der Waals surface area (Å²) >= 11 is 0. The number of halogens is 5. The van der Waals surface area contributed by atoms with Gasteiger partial charge in [-0.1, -0.05) is 12.8 Å². The first-order chi connectivity index (χ1) is 22.0. The number of aromatic nitrogens is 4. The first kappa shape index (κ1) is 30.7. The molecule has 5 aliphatic rings. The van der Waals surface area contributed by atoms with Gasteiger partial charge in [0.25, 0.3) is 11.9 Å². The van der Waals surface area contributed by atoms with E-state index in [1.165, 1.54) is 22.2 Å². The molecule has 1 atom stereocenters. The lowest BCUT2D eigenvalue weighted by Gasteiger charge is -2.37. The largest absolute Gasteiger partial charge is 0.457 e. The highest BCUT2D eigenvalue weighted by Gasteiger charge is 2.56. The number of carbonyl (C=O) groups excluding carboxylic acids is 1. The zero-order chi connectivity index (χ0) is 32.3. The van der Waals surface area contributed by atoms with Crippen LogP contribution in [0.15, 0.2) is 12.4 Å². The minimum Gasteiger partial charge on any atom is -0.457 e. The number of ether oxygens (including phenoxy) is 2. The van der Waals surface area contributed by atoms with Crippen LogP contribution in [0.3, 0.4) is 0 Å². The van der Waals surface area contributed by atoms with Crippen LogP contribution in [0, 0.1) is 5.41 Å². The number of amidine groups is 1. The molecule has 17 heteroatoms. The Balaban J connectivity index is 1.22. The van der Waals surface area contributed by atoms with E-state index in [4.69, 9.17) is 24.9 Å². The number of nitrogens with one attached hydrogen (secondary N) is 2. The summed E-state index contributed by atoms with van der Waals surface area (Å²) in [6, 6.07) is -2.56. The van der Waals surface area contributed by atoms with E-state index in [2.05, 4.69) is 15.3 Å². The SMILES string of the molecule is N=C(OCc1nc(NC2CCC2)c2c(n1)N(c1cnc(N3CCC(F)(F)C3)nc1)C(=O)C21CCCC1)N1CCOC[C@@H]1C(F)(F)F. The van der Waals surface area contributed by atoms with Crippen molar-refractivity contribution in [3.05, 3.63) is 23.8 Å². The summed E-state index contributed by atoms with van der Waals surface area (Å²) in [6.45, 7) is -1.56. The molecule has 0 bridgehead atoms. The molecule has 4 fully saturated rings. The normalized spacial score (nSPS) is 24.0. The van der Waals surface area contributed by atoms with Crippen molar-refractivity contribution >= 4 is 35.2 Å². The van der Waals surface area contributed by atoms with Crippen LogP contribution in [0.25, 0.3) is 0 Å². The van der Waals surface area contributed by atoms with Gasteiger partial charge in [-0.15, -0.1) is 0 Å². The molecular weight excluding hydrogens is 617 g/mol. The molecule has 12 nitrogen and oxygen atoms in total. The number of alkyl halides is 5. The molecule has 2 saturated heterocycles. The monoisotopic (exact) mass is 651 g/mol. The fourth-order valence-electron chi connectivity index (χ4n) is 6.94. The van der Waals surface area contributed by atoms with Gasteiger partial charge in [-0.05, 0) is 32.1 Å². The minimum atomic E-state index is -4.62. The second-order valence-corrected chi connectivity index (χ2v) is 12.6. The fourth-order valence-corrected chi connectivity index (χ4v) is 6.94. The molecule has 2 aliphatic carbocycles. The summed E-state index contributed by atoms with van der Waals surface area (Å²) in [4.78, 5) is 36.0. The zero-order valence-electron chi connectivity index (χ0n) is 25.0. The number of amides is 1. The molecule has 0 aromatic carbocycles. The first-order valence-corrected chi connectivity index (χ1v) is 15.5. The predicted octanol–water partition coefficient (Wildman–Crippen LogP) is 4.28. The highest BCUT2D eigenvalue weighted by atomic mass is 19.4. The summed E-state index contributed by atoms with van der Waals surface area (Å²) in [6.07, 6.45) is 3.59. The smallest absolute Gasteiger partial charge is 0.411 e. The Hall–Kier alpha value is -3.89. The Morgan fingerprint density at radius 2 is 1.83 bits per heavy atom. The van der Waals surface area contributed by atoms with Gasteiger partial charge in [0, 0.05) is 25.6 Å². The maximum atomic E-state index is 14.3. The standard InChI is InChI=1S/C29H34F5N9O3/c30-28(31)8-9-41(16-28)26-36-12-18(13-37-26)43-23-21(27(24(43)44)6-1-2-7-27)22(38-17-4-3-5-17)39-20(40-23)15-46-25(35)42-10-11-45-14-19(42)29(32,33)34/h12-13,17,19,35H,1-11,14-16H2,(H,38,39,40)/t19-/m1/s1. The second-order valence-electron chi connectivity index (χ2n) is 12.6. The molecule has 46 heavy (non-hydrogen) atoms. The van der Waals surface area contributed by atoms with E-state index in [9.17, 15) is 26.7 Å². The third-order valence-corrected chi connectivity index (χ3v) is 9.58. The molecule has 0 unspecified atom stereocenters. The van der Waals surface area contributed by atoms with E-state index in [0.29, 0.717) is 29.9 Å². The summed E-state index contributed by atoms with van der Waals surface area (Å²) in [5.74, 6) is -2.09. The number of nitrogens with zero attached hydrogens (tertiary/aromatic N) is 7. The van der Waals surface area contributed by atoms with Gasteiger partial charge in [-0.2, -0.15) is 13.2 Å². The Labute approximate surface area is 261 Å². The molecule has 0 radical (unpaired) electrons. The van der Waals surface area contributed by atoms with Crippen molar-refractivity contribution < 1.29 is 36.2 Å². The molecule has 2 N–H and O–H groups in total. The van der Waals surface area contributed by atoms with Gasteiger partial charge >= 0.3 is 6.18 Å². The van der Waals surface area contributed by atoms with Crippen molar-refractivity contribution in [1.29, 1.82) is 5.41 Å². The third kappa shape index (κ3) is 5.45. The van der Waals surface area contributed by atoms with Crippen molar-refractivity contribution in [2.24, 2.45) is 0 Å². The van der Waals surface area contributed by atoms with E-state index < -0.39 is 49.3 Å². The minimum absolute atomic E-state index is 0.0172. The molecule has 248 valence electrons. The maximum absolute atomic E-state index is 14.3. The van der Waals surface area contributed by atoms with Crippen LogP contribution in [0.1, 0.15) is 62.8 Å². The Morgan fingerprint density at radius 3 is 2.46 bits per heavy atom. The lowest BCUT2D eigenvalue weighted by molar-refractivity contribution is -0.202. The number of rotatable bonds is 6. The number of anilines is 4. The average Bonchev–Trinajstić information content (AvgIpc) is 3.70. The quantitative estimate of drug-likeness (QED) is 0.265. The fraction of sp³-hybridized carbons (Fsp3) is 0.655. The zero-order valence-corrected chi connectivity index (χ0v) is 25.0. The average molecular weight is 652 g/mol. The lowest BCUT2D eigenvalue weighted by Crippen LogP contribution is -2.55. The summed E-state index contributed by atoms with van der Waals surface area (Å²) < 4.78 is 79.0. The molecule has 2 aromatic rings. The second kappa shape index (κ2) is 11.4. The van der Waals surface area contributed by atoms with Gasteiger partial charge in [0.2, 0.25) is 11.9 Å². The van der Waals surface area contributed by atoms with Crippen molar-refractivity contribution in [2.45, 2.75) is 87.6 Å². The topological polar surface area (TPSA) is 133 Å². The van der Waals surface area contributed by atoms with Crippen molar-refractivity contribution in [3.8, 4) is 0 Å². The molecule has 5 heterocycles. The molecule has 3 aliphatic heterocycles. The van der Waals surface area contributed by atoms with Gasteiger partial charge in [0.05, 0.1) is 48.8 Å². The van der Waals surface area contributed by atoms with Crippen LogP contribution in [0.4, 0.5) is 45.2 Å². The molecule has 1 spiro atoms. The van der Waals surface area contributed by atoms with E-state index in [1.54, 1.807) is 0 Å². The van der Waals surface area contributed by atoms with E-state index in [0.717, 1.165) is 37.0 Å². The Morgan fingerprint density at radius 1 is 1.09 bits per heavy atom. The van der Waals surface area contributed by atoms with Gasteiger partial charge in [0.15, 0.2) is 18.5 Å². The maximum Gasteiger partial charge on any atom is 0.411 e. The Kier molecular flexibility index (Phi) is 7.63. The van der Waals surface area contributed by atoms with Gasteiger partial charge < -0.3 is 24.6 Å². The van der Waals surface area contributed by atoms with Crippen molar-refractivity contribution in [1.82, 2.24) is 24.8 Å². The van der Waals surface area contributed by atoms with E-state index >= 15 is 0 Å². The molecular formula is C29H34F5N9O3. The number of carbonyl (C=O) groups is 1. The van der Waals surface area contributed by atoms with Gasteiger partial charge in [-0.25, -0.2) is 28.7 Å². The molecule has 2 aromatic heterocycles. The van der Waals surface area contributed by atoms with Crippen LogP contribution in [0.2, 0.25) is 0 Å². The number of hydrogen-bond donors (Lipinski definition) is 2. The summed E-state index contributed by atoms with van der Waals surface area (Å²) in [5.41, 5.74) is 0.0602. The highest BCUT2D eigenvalue weighted by Crippen LogP contribution is 2.55. The molecule has 7 rings (SSSR count). The van der Waals surface area contributed by atoms with Gasteiger partial charge in [0.1, 0.15) is 11.6 Å². The lowest BCUT2D eigenvalue weighted by atomic mass is 9.80. The van der Waals surface area contributed by atoms with Crippen LogP contribution in [-0.4, -0.2) is 93.8 Å².